The predicted molar refractivity (Wildman–Crippen MR) is 109 cm³/mol. The first kappa shape index (κ1) is 23.6. The molecule has 156 valence electrons. The first-order valence-electron chi connectivity index (χ1n) is 9.06. The monoisotopic (exact) mass is 402 g/mol. The largest absolute Gasteiger partial charge is 0.480 e. The van der Waals surface area contributed by atoms with Gasteiger partial charge in [-0.05, 0) is 37.5 Å². The number of rotatable bonds is 10. The Labute approximate surface area is 169 Å². The summed E-state index contributed by atoms with van der Waals surface area (Å²) in [6.45, 7) is 1.39. The van der Waals surface area contributed by atoms with Gasteiger partial charge < -0.3 is 20.6 Å². The Morgan fingerprint density at radius 2 is 1.41 bits per heavy atom. The van der Waals surface area contributed by atoms with Gasteiger partial charge in [-0.3, -0.25) is 19.7 Å². The number of benzene rings is 2. The Kier molecular flexibility index (Phi) is 10.5. The molecular formula is C21H26N2O6. The third kappa shape index (κ3) is 10.5. The van der Waals surface area contributed by atoms with Crippen LogP contribution >= 0.6 is 0 Å². The van der Waals surface area contributed by atoms with Gasteiger partial charge in [-0.15, -0.1) is 0 Å². The summed E-state index contributed by atoms with van der Waals surface area (Å²) >= 11 is 0. The molecule has 0 unspecified atom stereocenters. The molecule has 0 heterocycles. The zero-order chi connectivity index (χ0) is 21.6. The van der Waals surface area contributed by atoms with E-state index in [2.05, 4.69) is 10.6 Å². The molecular weight excluding hydrogens is 376 g/mol. The molecule has 0 aliphatic carbocycles. The second-order valence-electron chi connectivity index (χ2n) is 6.26. The van der Waals surface area contributed by atoms with E-state index in [9.17, 15) is 14.4 Å². The fourth-order valence-corrected chi connectivity index (χ4v) is 2.34. The molecule has 0 aliphatic rings. The molecule has 29 heavy (non-hydrogen) atoms. The van der Waals surface area contributed by atoms with Crippen LogP contribution in [0.1, 0.15) is 18.9 Å². The zero-order valence-electron chi connectivity index (χ0n) is 16.1. The van der Waals surface area contributed by atoms with Crippen molar-refractivity contribution in [2.75, 3.05) is 11.9 Å². The number of aryl methyl sites for hydroxylation is 1. The lowest BCUT2D eigenvalue weighted by Gasteiger charge is -2.17. The minimum Gasteiger partial charge on any atom is -0.480 e. The maximum atomic E-state index is 11.0. The number of anilines is 1. The molecule has 8 nitrogen and oxygen atoms in total. The Balaban J connectivity index is 0.000000326. The molecule has 0 fully saturated rings. The van der Waals surface area contributed by atoms with Crippen LogP contribution in [0, 0.1) is 0 Å². The van der Waals surface area contributed by atoms with Crippen LogP contribution in [0.5, 0.6) is 0 Å². The van der Waals surface area contributed by atoms with Crippen LogP contribution in [0.2, 0.25) is 0 Å². The minimum absolute atomic E-state index is 0.0377. The molecule has 0 radical (unpaired) electrons. The van der Waals surface area contributed by atoms with Gasteiger partial charge in [-0.25, -0.2) is 0 Å². The SMILES string of the molecule is C[C@@H](N[C@@H](CCc1ccccc1)C(=O)O)C(=O)O.O=C(O)CNc1ccccc1. The summed E-state index contributed by atoms with van der Waals surface area (Å²) in [5.74, 6) is -2.94. The summed E-state index contributed by atoms with van der Waals surface area (Å²) < 4.78 is 0. The average molecular weight is 402 g/mol. The number of para-hydroxylation sites is 1. The van der Waals surface area contributed by atoms with E-state index in [1.165, 1.54) is 6.92 Å². The van der Waals surface area contributed by atoms with E-state index in [-0.39, 0.29) is 6.54 Å². The van der Waals surface area contributed by atoms with Gasteiger partial charge in [0.2, 0.25) is 0 Å². The molecule has 0 aliphatic heterocycles. The third-order valence-electron chi connectivity index (χ3n) is 3.90. The first-order valence-corrected chi connectivity index (χ1v) is 9.06. The van der Waals surface area contributed by atoms with E-state index in [0.717, 1.165) is 11.3 Å². The highest BCUT2D eigenvalue weighted by atomic mass is 16.4. The van der Waals surface area contributed by atoms with Crippen molar-refractivity contribution >= 4 is 23.6 Å². The van der Waals surface area contributed by atoms with Crippen LogP contribution < -0.4 is 10.6 Å². The molecule has 0 aromatic heterocycles. The van der Waals surface area contributed by atoms with E-state index in [1.54, 1.807) is 0 Å². The summed E-state index contributed by atoms with van der Waals surface area (Å²) in [7, 11) is 0. The molecule has 2 atom stereocenters. The summed E-state index contributed by atoms with van der Waals surface area (Å²) in [6.07, 6.45) is 0.952. The molecule has 0 bridgehead atoms. The Morgan fingerprint density at radius 1 is 0.862 bits per heavy atom. The Morgan fingerprint density at radius 3 is 1.90 bits per heavy atom. The van der Waals surface area contributed by atoms with Gasteiger partial charge in [0, 0.05) is 5.69 Å². The highest BCUT2D eigenvalue weighted by molar-refractivity contribution is 5.77. The van der Waals surface area contributed by atoms with Crippen molar-refractivity contribution in [2.24, 2.45) is 0 Å². The lowest BCUT2D eigenvalue weighted by molar-refractivity contribution is -0.142. The van der Waals surface area contributed by atoms with Crippen LogP contribution in [0.4, 0.5) is 5.69 Å². The normalized spacial score (nSPS) is 12.0. The molecule has 0 amide bonds. The Bertz CT molecular complexity index is 767. The standard InChI is InChI=1S/C13H17NO4.C8H9NO2/c1-9(12(15)16)14-11(13(17)18)8-7-10-5-3-2-4-6-10;10-8(11)6-9-7-4-2-1-3-5-7/h2-6,9,11,14H,7-8H2,1H3,(H,15,16)(H,17,18);1-5,9H,6H2,(H,10,11)/t9-,11+;/m1./s1. The number of aliphatic carboxylic acids is 3. The Hall–Kier alpha value is -3.39. The minimum atomic E-state index is -1.05. The zero-order valence-corrected chi connectivity index (χ0v) is 16.1. The van der Waals surface area contributed by atoms with Gasteiger partial charge in [0.1, 0.15) is 18.6 Å². The van der Waals surface area contributed by atoms with E-state index < -0.39 is 30.0 Å². The number of hydrogen-bond acceptors (Lipinski definition) is 5. The highest BCUT2D eigenvalue weighted by Crippen LogP contribution is 2.06. The van der Waals surface area contributed by atoms with Crippen molar-refractivity contribution in [3.8, 4) is 0 Å². The molecule has 2 aromatic carbocycles. The van der Waals surface area contributed by atoms with Gasteiger partial charge in [0.05, 0.1) is 0 Å². The van der Waals surface area contributed by atoms with Crippen molar-refractivity contribution in [2.45, 2.75) is 31.8 Å². The molecule has 0 saturated carbocycles. The number of carboxylic acids is 3. The fourth-order valence-electron chi connectivity index (χ4n) is 2.34. The smallest absolute Gasteiger partial charge is 0.322 e. The molecule has 0 spiro atoms. The van der Waals surface area contributed by atoms with Crippen LogP contribution in [0.3, 0.4) is 0 Å². The second-order valence-corrected chi connectivity index (χ2v) is 6.26. The lowest BCUT2D eigenvalue weighted by atomic mass is 10.0. The van der Waals surface area contributed by atoms with Gasteiger partial charge in [0.25, 0.3) is 0 Å². The maximum Gasteiger partial charge on any atom is 0.322 e. The van der Waals surface area contributed by atoms with Crippen LogP contribution in [0.25, 0.3) is 0 Å². The van der Waals surface area contributed by atoms with Crippen LogP contribution in [0.15, 0.2) is 60.7 Å². The van der Waals surface area contributed by atoms with Crippen molar-refractivity contribution < 1.29 is 29.7 Å². The van der Waals surface area contributed by atoms with Crippen molar-refractivity contribution in [3.63, 3.8) is 0 Å². The third-order valence-corrected chi connectivity index (χ3v) is 3.90. The van der Waals surface area contributed by atoms with E-state index in [0.29, 0.717) is 12.8 Å². The molecule has 5 N–H and O–H groups in total. The van der Waals surface area contributed by atoms with Crippen molar-refractivity contribution in [1.29, 1.82) is 0 Å². The number of hydrogen-bond donors (Lipinski definition) is 5. The molecule has 2 rings (SSSR count). The summed E-state index contributed by atoms with van der Waals surface area (Å²) in [6, 6.07) is 17.0. The van der Waals surface area contributed by atoms with E-state index in [4.69, 9.17) is 15.3 Å². The van der Waals surface area contributed by atoms with Gasteiger partial charge in [-0.2, -0.15) is 0 Å². The maximum absolute atomic E-state index is 11.0. The number of carbonyl (C=O) groups is 3. The first-order chi connectivity index (χ1) is 13.8. The average Bonchev–Trinajstić information content (AvgIpc) is 2.71. The lowest BCUT2D eigenvalue weighted by Crippen LogP contribution is -2.45. The topological polar surface area (TPSA) is 136 Å². The van der Waals surface area contributed by atoms with Crippen LogP contribution in [-0.4, -0.2) is 51.9 Å². The summed E-state index contributed by atoms with van der Waals surface area (Å²) in [5.41, 5.74) is 1.86. The van der Waals surface area contributed by atoms with Crippen LogP contribution in [-0.2, 0) is 20.8 Å². The molecule has 2 aromatic rings. The number of carboxylic acid groups (broad SMARTS) is 3. The predicted octanol–water partition coefficient (Wildman–Crippen LogP) is 2.32. The second kappa shape index (κ2) is 12.9. The quantitative estimate of drug-likeness (QED) is 0.408. The summed E-state index contributed by atoms with van der Waals surface area (Å²) in [5, 5.41) is 31.4. The highest BCUT2D eigenvalue weighted by Gasteiger charge is 2.22. The van der Waals surface area contributed by atoms with Gasteiger partial charge >= 0.3 is 17.9 Å². The molecule has 0 saturated heterocycles. The number of nitrogens with one attached hydrogen (secondary N) is 2. The van der Waals surface area contributed by atoms with E-state index >= 15 is 0 Å². The fraction of sp³-hybridized carbons (Fsp3) is 0.286. The summed E-state index contributed by atoms with van der Waals surface area (Å²) in [4.78, 5) is 31.8. The molecule has 8 heteroatoms. The van der Waals surface area contributed by atoms with E-state index in [1.807, 2.05) is 60.7 Å². The van der Waals surface area contributed by atoms with Gasteiger partial charge in [0.15, 0.2) is 0 Å². The van der Waals surface area contributed by atoms with Crippen molar-refractivity contribution in [3.05, 3.63) is 66.2 Å². The van der Waals surface area contributed by atoms with Gasteiger partial charge in [-0.1, -0.05) is 48.5 Å². The van der Waals surface area contributed by atoms with Crippen molar-refractivity contribution in [1.82, 2.24) is 5.32 Å².